The smallest absolute Gasteiger partial charge is 0.240 e. The molecule has 19 heavy (non-hydrogen) atoms. The van der Waals surface area contributed by atoms with Gasteiger partial charge in [-0.15, -0.1) is 0 Å². The first-order valence-corrected chi connectivity index (χ1v) is 6.99. The van der Waals surface area contributed by atoms with E-state index in [1.807, 2.05) is 0 Å². The Balaban J connectivity index is 2.38. The lowest BCUT2D eigenvalue weighted by Crippen LogP contribution is -2.18. The van der Waals surface area contributed by atoms with E-state index < -0.39 is 10.0 Å². The molecule has 0 unspecified atom stereocenters. The van der Waals surface area contributed by atoms with Crippen LogP contribution in [-0.4, -0.2) is 25.2 Å². The van der Waals surface area contributed by atoms with E-state index in [0.29, 0.717) is 11.4 Å². The molecule has 2 rings (SSSR count). The van der Waals surface area contributed by atoms with Gasteiger partial charge in [-0.1, -0.05) is 0 Å². The van der Waals surface area contributed by atoms with E-state index in [-0.39, 0.29) is 4.90 Å². The molecule has 7 nitrogen and oxygen atoms in total. The molecule has 4 N–H and O–H groups in total. The minimum absolute atomic E-state index is 0.149. The highest BCUT2D eigenvalue weighted by Crippen LogP contribution is 2.25. The number of nitrogens with zero attached hydrogens (tertiary/aromatic N) is 2. The lowest BCUT2D eigenvalue weighted by molar-refractivity contribution is 0.588. The molecule has 8 heteroatoms. The Morgan fingerprint density at radius 3 is 2.68 bits per heavy atom. The van der Waals surface area contributed by atoms with Crippen LogP contribution in [0.15, 0.2) is 35.5 Å². The molecule has 102 valence electrons. The first kappa shape index (κ1) is 13.4. The van der Waals surface area contributed by atoms with E-state index in [4.69, 9.17) is 5.73 Å². The first-order valence-electron chi connectivity index (χ1n) is 5.51. The van der Waals surface area contributed by atoms with Gasteiger partial charge in [-0.25, -0.2) is 13.1 Å². The Bertz CT molecular complexity index is 693. The molecular weight excluding hydrogens is 266 g/mol. The number of aryl methyl sites for hydroxylation is 1. The van der Waals surface area contributed by atoms with Crippen LogP contribution in [0.4, 0.5) is 17.1 Å². The SMILES string of the molecule is CNS(=O)(=O)c1ccc(N)c(Nc2cnn(C)c2)c1. The molecule has 1 aromatic heterocycles. The van der Waals surface area contributed by atoms with Crippen LogP contribution in [0, 0.1) is 0 Å². The van der Waals surface area contributed by atoms with Crippen molar-refractivity contribution in [2.75, 3.05) is 18.1 Å². The van der Waals surface area contributed by atoms with Crippen molar-refractivity contribution in [2.24, 2.45) is 7.05 Å². The quantitative estimate of drug-likeness (QED) is 0.714. The third kappa shape index (κ3) is 2.85. The second-order valence-corrected chi connectivity index (χ2v) is 5.87. The van der Waals surface area contributed by atoms with Gasteiger partial charge in [-0.3, -0.25) is 4.68 Å². The summed E-state index contributed by atoms with van der Waals surface area (Å²) < 4.78 is 27.3. The van der Waals surface area contributed by atoms with Crippen LogP contribution in [0.5, 0.6) is 0 Å². The van der Waals surface area contributed by atoms with Crippen molar-refractivity contribution < 1.29 is 8.42 Å². The fourth-order valence-electron chi connectivity index (χ4n) is 1.57. The molecule has 0 atom stereocenters. The average molecular weight is 281 g/mol. The summed E-state index contributed by atoms with van der Waals surface area (Å²) in [5, 5.41) is 7.04. The second kappa shape index (κ2) is 4.90. The molecule has 2 aromatic rings. The number of aromatic nitrogens is 2. The van der Waals surface area contributed by atoms with E-state index >= 15 is 0 Å². The zero-order valence-corrected chi connectivity index (χ0v) is 11.4. The fourth-order valence-corrected chi connectivity index (χ4v) is 2.33. The lowest BCUT2D eigenvalue weighted by atomic mass is 10.2. The predicted octanol–water partition coefficient (Wildman–Crippen LogP) is 0.654. The van der Waals surface area contributed by atoms with Gasteiger partial charge in [0.05, 0.1) is 28.2 Å². The number of nitrogen functional groups attached to an aromatic ring is 1. The number of nitrogens with two attached hydrogens (primary N) is 1. The zero-order valence-electron chi connectivity index (χ0n) is 10.6. The Kier molecular flexibility index (Phi) is 3.45. The Morgan fingerprint density at radius 1 is 1.37 bits per heavy atom. The van der Waals surface area contributed by atoms with Crippen molar-refractivity contribution in [3.63, 3.8) is 0 Å². The van der Waals surface area contributed by atoms with Gasteiger partial charge >= 0.3 is 0 Å². The minimum atomic E-state index is -3.49. The highest BCUT2D eigenvalue weighted by Gasteiger charge is 2.13. The Morgan fingerprint density at radius 2 is 2.11 bits per heavy atom. The fraction of sp³-hybridized carbons (Fsp3) is 0.182. The molecule has 0 fully saturated rings. The van der Waals surface area contributed by atoms with Gasteiger partial charge in [0.25, 0.3) is 0 Å². The second-order valence-electron chi connectivity index (χ2n) is 3.98. The van der Waals surface area contributed by atoms with E-state index in [1.54, 1.807) is 30.2 Å². The topological polar surface area (TPSA) is 102 Å². The highest BCUT2D eigenvalue weighted by atomic mass is 32.2. The summed E-state index contributed by atoms with van der Waals surface area (Å²) in [6.45, 7) is 0. The van der Waals surface area contributed by atoms with E-state index in [9.17, 15) is 8.42 Å². The molecule has 0 aliphatic rings. The van der Waals surface area contributed by atoms with Crippen LogP contribution in [0.3, 0.4) is 0 Å². The van der Waals surface area contributed by atoms with Crippen molar-refractivity contribution in [1.29, 1.82) is 0 Å². The van der Waals surface area contributed by atoms with Gasteiger partial charge in [0, 0.05) is 13.2 Å². The summed E-state index contributed by atoms with van der Waals surface area (Å²) in [4.78, 5) is 0.149. The predicted molar refractivity (Wildman–Crippen MR) is 73.6 cm³/mol. The molecular formula is C11H15N5O2S. The number of anilines is 3. The third-order valence-electron chi connectivity index (χ3n) is 2.59. The van der Waals surface area contributed by atoms with Crippen LogP contribution in [0.1, 0.15) is 0 Å². The van der Waals surface area contributed by atoms with Crippen molar-refractivity contribution in [2.45, 2.75) is 4.90 Å². The number of hydrogen-bond donors (Lipinski definition) is 3. The van der Waals surface area contributed by atoms with Gasteiger partial charge in [0.1, 0.15) is 0 Å². The van der Waals surface area contributed by atoms with Crippen LogP contribution in [0.25, 0.3) is 0 Å². The van der Waals surface area contributed by atoms with Crippen LogP contribution in [0.2, 0.25) is 0 Å². The van der Waals surface area contributed by atoms with Crippen molar-refractivity contribution >= 4 is 27.1 Å². The van der Waals surface area contributed by atoms with Crippen LogP contribution in [-0.2, 0) is 17.1 Å². The Labute approximate surface area is 111 Å². The summed E-state index contributed by atoms with van der Waals surface area (Å²) in [5.74, 6) is 0. The maximum atomic E-state index is 11.7. The number of nitrogens with one attached hydrogen (secondary N) is 2. The van der Waals surface area contributed by atoms with Crippen molar-refractivity contribution in [3.05, 3.63) is 30.6 Å². The first-order chi connectivity index (χ1) is 8.92. The average Bonchev–Trinajstić information content (AvgIpc) is 2.77. The number of rotatable bonds is 4. The number of sulfonamides is 1. The van der Waals surface area contributed by atoms with E-state index in [1.165, 1.54) is 19.2 Å². The standard InChI is InChI=1S/C11H15N5O2S/c1-13-19(17,18)9-3-4-10(12)11(5-9)15-8-6-14-16(2)7-8/h3-7,13,15H,12H2,1-2H3. The van der Waals surface area contributed by atoms with Gasteiger partial charge < -0.3 is 11.1 Å². The van der Waals surface area contributed by atoms with E-state index in [0.717, 1.165) is 5.69 Å². The molecule has 0 spiro atoms. The molecule has 0 saturated heterocycles. The largest absolute Gasteiger partial charge is 0.397 e. The van der Waals surface area contributed by atoms with E-state index in [2.05, 4.69) is 15.1 Å². The maximum absolute atomic E-state index is 11.7. The summed E-state index contributed by atoms with van der Waals surface area (Å²) in [6.07, 6.45) is 3.39. The molecule has 0 saturated carbocycles. The summed E-state index contributed by atoms with van der Waals surface area (Å²) >= 11 is 0. The molecule has 0 radical (unpaired) electrons. The Hall–Kier alpha value is -2.06. The van der Waals surface area contributed by atoms with Crippen LogP contribution < -0.4 is 15.8 Å². The third-order valence-corrected chi connectivity index (χ3v) is 4.00. The number of hydrogen-bond acceptors (Lipinski definition) is 5. The molecule has 0 aliphatic carbocycles. The normalized spacial score (nSPS) is 11.5. The minimum Gasteiger partial charge on any atom is -0.397 e. The van der Waals surface area contributed by atoms with Gasteiger partial charge in [-0.2, -0.15) is 5.10 Å². The molecule has 0 amide bonds. The van der Waals surface area contributed by atoms with Crippen molar-refractivity contribution in [3.8, 4) is 0 Å². The molecule has 0 bridgehead atoms. The van der Waals surface area contributed by atoms with Gasteiger partial charge in [0.2, 0.25) is 10.0 Å². The summed E-state index contributed by atoms with van der Waals surface area (Å²) in [5.41, 5.74) is 7.53. The summed E-state index contributed by atoms with van der Waals surface area (Å²) in [7, 11) is -0.342. The summed E-state index contributed by atoms with van der Waals surface area (Å²) in [6, 6.07) is 4.48. The number of benzene rings is 1. The molecule has 1 aromatic carbocycles. The van der Waals surface area contributed by atoms with Crippen molar-refractivity contribution in [1.82, 2.24) is 14.5 Å². The van der Waals surface area contributed by atoms with Gasteiger partial charge in [-0.05, 0) is 25.2 Å². The monoisotopic (exact) mass is 281 g/mol. The lowest BCUT2D eigenvalue weighted by Gasteiger charge is -2.10. The highest BCUT2D eigenvalue weighted by molar-refractivity contribution is 7.89. The zero-order chi connectivity index (χ0) is 14.0. The molecule has 1 heterocycles. The maximum Gasteiger partial charge on any atom is 0.240 e. The molecule has 0 aliphatic heterocycles. The van der Waals surface area contributed by atoms with Gasteiger partial charge in [0.15, 0.2) is 0 Å². The van der Waals surface area contributed by atoms with Crippen LogP contribution >= 0.6 is 0 Å².